The zero-order chi connectivity index (χ0) is 21.4. The second-order valence-corrected chi connectivity index (χ2v) is 7.96. The lowest BCUT2D eigenvalue weighted by Gasteiger charge is -2.10. The van der Waals surface area contributed by atoms with E-state index in [1.165, 1.54) is 12.1 Å². The number of anilines is 1. The Bertz CT molecular complexity index is 1080. The minimum absolute atomic E-state index is 0.169. The summed E-state index contributed by atoms with van der Waals surface area (Å²) in [6.45, 7) is 0.617. The topological polar surface area (TPSA) is 93.7 Å². The lowest BCUT2D eigenvalue weighted by atomic mass is 10.2. The van der Waals surface area contributed by atoms with Crippen molar-refractivity contribution in [1.82, 2.24) is 5.32 Å². The molecular weight excluding hydrogens is 404 g/mol. The van der Waals surface area contributed by atoms with Crippen molar-refractivity contribution < 1.29 is 22.7 Å². The van der Waals surface area contributed by atoms with Gasteiger partial charge in [0.2, 0.25) is 0 Å². The van der Waals surface area contributed by atoms with Crippen LogP contribution in [-0.2, 0) is 10.0 Å². The molecule has 7 nitrogen and oxygen atoms in total. The van der Waals surface area contributed by atoms with E-state index in [4.69, 9.17) is 9.47 Å². The van der Waals surface area contributed by atoms with Crippen LogP contribution in [-0.4, -0.2) is 34.6 Å². The predicted octanol–water partition coefficient (Wildman–Crippen LogP) is 3.30. The third kappa shape index (κ3) is 5.74. The smallest absolute Gasteiger partial charge is 0.261 e. The first-order chi connectivity index (χ1) is 14.5. The largest absolute Gasteiger partial charge is 0.497 e. The molecule has 0 saturated heterocycles. The van der Waals surface area contributed by atoms with E-state index in [-0.39, 0.29) is 10.8 Å². The molecule has 30 heavy (non-hydrogen) atoms. The summed E-state index contributed by atoms with van der Waals surface area (Å²) in [4.78, 5) is 12.4. The number of carbonyl (C=O) groups excluding carboxylic acids is 1. The summed E-state index contributed by atoms with van der Waals surface area (Å²) in [6.07, 6.45) is 0. The number of methoxy groups -OCH3 is 1. The van der Waals surface area contributed by atoms with Crippen molar-refractivity contribution in [2.75, 3.05) is 25.0 Å². The van der Waals surface area contributed by atoms with Gasteiger partial charge in [-0.15, -0.1) is 0 Å². The molecule has 0 saturated carbocycles. The average Bonchev–Trinajstić information content (AvgIpc) is 2.77. The fraction of sp³-hybridized carbons (Fsp3) is 0.136. The molecule has 0 unspecified atom stereocenters. The number of nitrogens with one attached hydrogen (secondary N) is 2. The normalized spacial score (nSPS) is 10.8. The Hall–Kier alpha value is -3.52. The van der Waals surface area contributed by atoms with Gasteiger partial charge in [-0.3, -0.25) is 9.52 Å². The van der Waals surface area contributed by atoms with Crippen LogP contribution in [0.4, 0.5) is 5.69 Å². The van der Waals surface area contributed by atoms with Gasteiger partial charge in [0.25, 0.3) is 15.9 Å². The molecule has 0 aliphatic carbocycles. The Balaban J connectivity index is 1.50. The summed E-state index contributed by atoms with van der Waals surface area (Å²) in [5.74, 6) is 1.07. The molecule has 0 radical (unpaired) electrons. The number of hydrogen-bond acceptors (Lipinski definition) is 5. The van der Waals surface area contributed by atoms with E-state index in [0.29, 0.717) is 35.9 Å². The maximum Gasteiger partial charge on any atom is 0.261 e. The summed E-state index contributed by atoms with van der Waals surface area (Å²) in [7, 11) is -2.09. The van der Waals surface area contributed by atoms with Crippen LogP contribution in [0.2, 0.25) is 0 Å². The molecule has 0 spiro atoms. The highest BCUT2D eigenvalue weighted by Crippen LogP contribution is 2.19. The van der Waals surface area contributed by atoms with Crippen LogP contribution in [0.1, 0.15) is 10.4 Å². The van der Waals surface area contributed by atoms with Crippen molar-refractivity contribution in [3.05, 3.63) is 84.4 Å². The Morgan fingerprint density at radius 1 is 0.900 bits per heavy atom. The van der Waals surface area contributed by atoms with Gasteiger partial charge in [-0.25, -0.2) is 8.42 Å². The van der Waals surface area contributed by atoms with E-state index in [0.717, 1.165) is 0 Å². The third-order valence-corrected chi connectivity index (χ3v) is 5.55. The number of ether oxygens (including phenoxy) is 2. The first-order valence-corrected chi connectivity index (χ1v) is 10.7. The lowest BCUT2D eigenvalue weighted by molar-refractivity contribution is 0.0947. The molecule has 0 heterocycles. The summed E-state index contributed by atoms with van der Waals surface area (Å²) in [5, 5.41) is 2.76. The Labute approximate surface area is 175 Å². The molecular formula is C22H22N2O5S. The van der Waals surface area contributed by atoms with Crippen LogP contribution in [0.15, 0.2) is 83.8 Å². The summed E-state index contributed by atoms with van der Waals surface area (Å²) < 4.78 is 37.9. The van der Waals surface area contributed by atoms with Crippen molar-refractivity contribution in [2.45, 2.75) is 4.90 Å². The second-order valence-electron chi connectivity index (χ2n) is 6.28. The maximum atomic E-state index is 12.3. The van der Waals surface area contributed by atoms with Crippen LogP contribution < -0.4 is 19.5 Å². The van der Waals surface area contributed by atoms with Gasteiger partial charge < -0.3 is 14.8 Å². The predicted molar refractivity (Wildman–Crippen MR) is 115 cm³/mol. The van der Waals surface area contributed by atoms with E-state index >= 15 is 0 Å². The van der Waals surface area contributed by atoms with Gasteiger partial charge in [-0.1, -0.05) is 24.3 Å². The highest BCUT2D eigenvalue weighted by Gasteiger charge is 2.13. The minimum atomic E-state index is -3.67. The molecule has 8 heteroatoms. The Morgan fingerprint density at radius 2 is 1.60 bits per heavy atom. The number of rotatable bonds is 9. The second kappa shape index (κ2) is 9.80. The maximum absolute atomic E-state index is 12.3. The van der Waals surface area contributed by atoms with E-state index in [2.05, 4.69) is 10.0 Å². The van der Waals surface area contributed by atoms with Crippen LogP contribution in [0.5, 0.6) is 11.5 Å². The summed E-state index contributed by atoms with van der Waals surface area (Å²) in [6, 6.07) is 21.5. The lowest BCUT2D eigenvalue weighted by Crippen LogP contribution is -2.28. The van der Waals surface area contributed by atoms with E-state index in [1.54, 1.807) is 61.7 Å². The molecule has 0 bridgehead atoms. The van der Waals surface area contributed by atoms with Crippen molar-refractivity contribution in [3.8, 4) is 11.5 Å². The molecule has 3 aromatic carbocycles. The molecule has 0 atom stereocenters. The minimum Gasteiger partial charge on any atom is -0.497 e. The van der Waals surface area contributed by atoms with Crippen LogP contribution >= 0.6 is 0 Å². The van der Waals surface area contributed by atoms with Gasteiger partial charge in [0.15, 0.2) is 0 Å². The number of carbonyl (C=O) groups is 1. The molecule has 0 fully saturated rings. The first kappa shape index (κ1) is 21.2. The fourth-order valence-electron chi connectivity index (χ4n) is 2.63. The Kier molecular flexibility index (Phi) is 6.92. The quantitative estimate of drug-likeness (QED) is 0.512. The molecule has 3 rings (SSSR count). The number of amides is 1. The van der Waals surface area contributed by atoms with E-state index in [9.17, 15) is 13.2 Å². The standard InChI is InChI=1S/C22H22N2O5S/c1-28-19-6-5-7-20(16-19)29-15-14-23-22(25)17-10-12-18(13-11-17)24-30(26,27)21-8-3-2-4-9-21/h2-13,16,24H,14-15H2,1H3,(H,23,25). The molecule has 0 aliphatic heterocycles. The average molecular weight is 426 g/mol. The van der Waals surface area contributed by atoms with Crippen molar-refractivity contribution in [1.29, 1.82) is 0 Å². The van der Waals surface area contributed by atoms with Gasteiger partial charge in [0.05, 0.1) is 18.6 Å². The van der Waals surface area contributed by atoms with Crippen LogP contribution in [0.3, 0.4) is 0 Å². The van der Waals surface area contributed by atoms with Gasteiger partial charge in [-0.2, -0.15) is 0 Å². The van der Waals surface area contributed by atoms with Gasteiger partial charge >= 0.3 is 0 Å². The van der Waals surface area contributed by atoms with Crippen molar-refractivity contribution in [3.63, 3.8) is 0 Å². The zero-order valence-corrected chi connectivity index (χ0v) is 17.2. The summed E-state index contributed by atoms with van der Waals surface area (Å²) >= 11 is 0. The number of sulfonamides is 1. The van der Waals surface area contributed by atoms with Crippen LogP contribution in [0, 0.1) is 0 Å². The van der Waals surface area contributed by atoms with Crippen LogP contribution in [0.25, 0.3) is 0 Å². The van der Waals surface area contributed by atoms with Crippen molar-refractivity contribution in [2.24, 2.45) is 0 Å². The molecule has 1 amide bonds. The monoisotopic (exact) mass is 426 g/mol. The SMILES string of the molecule is COc1cccc(OCCNC(=O)c2ccc(NS(=O)(=O)c3ccccc3)cc2)c1. The zero-order valence-electron chi connectivity index (χ0n) is 16.4. The number of hydrogen-bond donors (Lipinski definition) is 2. The highest BCUT2D eigenvalue weighted by molar-refractivity contribution is 7.92. The van der Waals surface area contributed by atoms with E-state index in [1.807, 2.05) is 12.1 Å². The van der Waals surface area contributed by atoms with Gasteiger partial charge in [-0.05, 0) is 48.5 Å². The molecule has 0 aromatic heterocycles. The van der Waals surface area contributed by atoms with Crippen molar-refractivity contribution >= 4 is 21.6 Å². The highest BCUT2D eigenvalue weighted by atomic mass is 32.2. The summed E-state index contributed by atoms with van der Waals surface area (Å²) in [5.41, 5.74) is 0.788. The Morgan fingerprint density at radius 3 is 2.30 bits per heavy atom. The van der Waals surface area contributed by atoms with Gasteiger partial charge in [0, 0.05) is 17.3 Å². The molecule has 3 aromatic rings. The van der Waals surface area contributed by atoms with Gasteiger partial charge in [0.1, 0.15) is 18.1 Å². The number of benzene rings is 3. The van der Waals surface area contributed by atoms with E-state index < -0.39 is 10.0 Å². The third-order valence-electron chi connectivity index (χ3n) is 4.15. The first-order valence-electron chi connectivity index (χ1n) is 9.21. The molecule has 2 N–H and O–H groups in total. The fourth-order valence-corrected chi connectivity index (χ4v) is 3.71. The molecule has 0 aliphatic rings. The molecule has 156 valence electrons.